The van der Waals surface area contributed by atoms with E-state index in [9.17, 15) is 9.59 Å². The number of amides is 2. The third kappa shape index (κ3) is 4.65. The second kappa shape index (κ2) is 9.28. The van der Waals surface area contributed by atoms with Gasteiger partial charge in [-0.3, -0.25) is 14.5 Å². The van der Waals surface area contributed by atoms with Gasteiger partial charge in [0.2, 0.25) is 0 Å². The Labute approximate surface area is 164 Å². The van der Waals surface area contributed by atoms with Crippen molar-refractivity contribution in [2.24, 2.45) is 0 Å². The van der Waals surface area contributed by atoms with Gasteiger partial charge >= 0.3 is 0 Å². The van der Waals surface area contributed by atoms with Gasteiger partial charge in [0.05, 0.1) is 12.0 Å². The topological polar surface area (TPSA) is 59.1 Å². The number of carbonyl (C=O) groups is 2. The van der Waals surface area contributed by atoms with Gasteiger partial charge in [-0.2, -0.15) is 0 Å². The molecule has 146 valence electrons. The first-order chi connectivity index (χ1) is 13.1. The molecule has 1 aromatic carbocycles. The molecule has 0 atom stereocenters. The molecular formula is C20H26N2O4S. The number of benzene rings is 1. The number of hydrogen-bond acceptors (Lipinski definition) is 6. The van der Waals surface area contributed by atoms with Gasteiger partial charge in [-0.05, 0) is 55.7 Å². The molecule has 3 rings (SSSR count). The summed E-state index contributed by atoms with van der Waals surface area (Å²) in [7, 11) is 3.23. The number of piperidine rings is 1. The number of ether oxygens (including phenoxy) is 2. The van der Waals surface area contributed by atoms with Gasteiger partial charge in [-0.25, -0.2) is 0 Å². The molecule has 2 saturated heterocycles. The highest BCUT2D eigenvalue weighted by atomic mass is 32.2. The fourth-order valence-electron chi connectivity index (χ4n) is 3.37. The molecule has 2 amide bonds. The van der Waals surface area contributed by atoms with E-state index in [0.29, 0.717) is 30.2 Å². The van der Waals surface area contributed by atoms with Gasteiger partial charge in [0.25, 0.3) is 11.1 Å². The Hall–Kier alpha value is -1.99. The first-order valence-electron chi connectivity index (χ1n) is 9.31. The molecule has 2 fully saturated rings. The van der Waals surface area contributed by atoms with E-state index < -0.39 is 0 Å². The first kappa shape index (κ1) is 19.8. The largest absolute Gasteiger partial charge is 0.496 e. The molecule has 0 radical (unpaired) electrons. The Morgan fingerprint density at radius 2 is 1.93 bits per heavy atom. The molecule has 27 heavy (non-hydrogen) atoms. The van der Waals surface area contributed by atoms with Crippen molar-refractivity contribution in [2.45, 2.75) is 25.7 Å². The van der Waals surface area contributed by atoms with Crippen LogP contribution in [0.1, 0.15) is 31.2 Å². The highest BCUT2D eigenvalue weighted by Crippen LogP contribution is 2.35. The van der Waals surface area contributed by atoms with E-state index >= 15 is 0 Å². The maximum absolute atomic E-state index is 12.6. The molecule has 0 bridgehead atoms. The zero-order valence-corrected chi connectivity index (χ0v) is 16.7. The van der Waals surface area contributed by atoms with E-state index in [1.165, 1.54) is 24.2 Å². The minimum atomic E-state index is -0.247. The van der Waals surface area contributed by atoms with E-state index in [4.69, 9.17) is 9.47 Å². The molecule has 2 aliphatic rings. The molecule has 0 unspecified atom stereocenters. The average molecular weight is 391 g/mol. The Morgan fingerprint density at radius 3 is 2.63 bits per heavy atom. The zero-order chi connectivity index (χ0) is 19.2. The van der Waals surface area contributed by atoms with Crippen LogP contribution in [0.3, 0.4) is 0 Å². The Kier molecular flexibility index (Phi) is 6.79. The van der Waals surface area contributed by atoms with Crippen LogP contribution in [0.2, 0.25) is 0 Å². The highest BCUT2D eigenvalue weighted by Gasteiger charge is 2.34. The maximum Gasteiger partial charge on any atom is 0.293 e. The third-order valence-electron chi connectivity index (χ3n) is 4.83. The zero-order valence-electron chi connectivity index (χ0n) is 15.9. The van der Waals surface area contributed by atoms with Crippen LogP contribution in [-0.2, 0) is 9.53 Å². The standard InChI is InChI=1S/C20H26N2O4S/c1-25-12-6-11-22-19(23)18(27-20(22)24)13-15-7-8-16(14-17(15)26-2)21-9-4-3-5-10-21/h7-8,13-14H,3-6,9-12H2,1-2H3/b18-13+. The number of nitrogens with zero attached hydrogens (tertiary/aromatic N) is 2. The summed E-state index contributed by atoms with van der Waals surface area (Å²) in [6.45, 7) is 3.01. The molecule has 7 heteroatoms. The van der Waals surface area contributed by atoms with Gasteiger partial charge in [-0.15, -0.1) is 0 Å². The Morgan fingerprint density at radius 1 is 1.15 bits per heavy atom. The lowest BCUT2D eigenvalue weighted by Crippen LogP contribution is -2.29. The molecule has 6 nitrogen and oxygen atoms in total. The quantitative estimate of drug-likeness (QED) is 0.522. The summed E-state index contributed by atoms with van der Waals surface area (Å²) in [5.41, 5.74) is 1.94. The number of carbonyl (C=O) groups excluding carboxylic acids is 2. The van der Waals surface area contributed by atoms with Crippen molar-refractivity contribution < 1.29 is 19.1 Å². The predicted molar refractivity (Wildman–Crippen MR) is 108 cm³/mol. The lowest BCUT2D eigenvalue weighted by molar-refractivity contribution is -0.122. The van der Waals surface area contributed by atoms with Crippen LogP contribution in [0.25, 0.3) is 6.08 Å². The van der Waals surface area contributed by atoms with Crippen molar-refractivity contribution >= 4 is 34.7 Å². The molecule has 0 spiro atoms. The van der Waals surface area contributed by atoms with E-state index in [1.54, 1.807) is 20.3 Å². The molecule has 1 aromatic rings. The fraction of sp³-hybridized carbons (Fsp3) is 0.500. The highest BCUT2D eigenvalue weighted by molar-refractivity contribution is 8.18. The molecule has 0 aromatic heterocycles. The lowest BCUT2D eigenvalue weighted by Gasteiger charge is -2.29. The van der Waals surface area contributed by atoms with Crippen LogP contribution in [0.4, 0.5) is 10.5 Å². The van der Waals surface area contributed by atoms with Crippen molar-refractivity contribution in [1.29, 1.82) is 0 Å². The van der Waals surface area contributed by atoms with E-state index in [0.717, 1.165) is 36.1 Å². The van der Waals surface area contributed by atoms with Crippen LogP contribution in [-0.4, -0.2) is 56.5 Å². The lowest BCUT2D eigenvalue weighted by atomic mass is 10.1. The van der Waals surface area contributed by atoms with E-state index in [1.807, 2.05) is 12.1 Å². The van der Waals surface area contributed by atoms with Crippen molar-refractivity contribution in [1.82, 2.24) is 4.90 Å². The summed E-state index contributed by atoms with van der Waals surface area (Å²) in [6.07, 6.45) is 6.09. The van der Waals surface area contributed by atoms with E-state index in [-0.39, 0.29) is 11.1 Å². The van der Waals surface area contributed by atoms with Crippen molar-refractivity contribution in [3.63, 3.8) is 0 Å². The number of hydrogen-bond donors (Lipinski definition) is 0. The second-order valence-electron chi connectivity index (χ2n) is 6.65. The summed E-state index contributed by atoms with van der Waals surface area (Å²) in [4.78, 5) is 28.8. The molecule has 2 aliphatic heterocycles. The normalized spacial score (nSPS) is 19.3. The van der Waals surface area contributed by atoms with Crippen LogP contribution < -0.4 is 9.64 Å². The van der Waals surface area contributed by atoms with Crippen LogP contribution >= 0.6 is 11.8 Å². The summed E-state index contributed by atoms with van der Waals surface area (Å²) >= 11 is 0.978. The predicted octanol–water partition coefficient (Wildman–Crippen LogP) is 3.76. The van der Waals surface area contributed by atoms with Crippen molar-refractivity contribution in [2.75, 3.05) is 45.4 Å². The maximum atomic E-state index is 12.6. The minimum Gasteiger partial charge on any atom is -0.496 e. The number of anilines is 1. The van der Waals surface area contributed by atoms with E-state index in [2.05, 4.69) is 11.0 Å². The van der Waals surface area contributed by atoms with Gasteiger partial charge in [-0.1, -0.05) is 0 Å². The van der Waals surface area contributed by atoms with Crippen LogP contribution in [0.5, 0.6) is 5.75 Å². The van der Waals surface area contributed by atoms with Gasteiger partial charge in [0, 0.05) is 50.7 Å². The Balaban J connectivity index is 1.77. The number of thioether (sulfide) groups is 1. The van der Waals surface area contributed by atoms with Gasteiger partial charge < -0.3 is 14.4 Å². The van der Waals surface area contributed by atoms with Crippen molar-refractivity contribution in [3.8, 4) is 5.75 Å². The number of methoxy groups -OCH3 is 2. The third-order valence-corrected chi connectivity index (χ3v) is 5.74. The van der Waals surface area contributed by atoms with Crippen molar-refractivity contribution in [3.05, 3.63) is 28.7 Å². The second-order valence-corrected chi connectivity index (χ2v) is 7.65. The summed E-state index contributed by atoms with van der Waals surface area (Å²) in [5.74, 6) is 0.465. The number of rotatable bonds is 7. The molecule has 2 heterocycles. The average Bonchev–Trinajstić information content (AvgIpc) is 2.96. The monoisotopic (exact) mass is 390 g/mol. The van der Waals surface area contributed by atoms with Gasteiger partial charge in [0.15, 0.2) is 0 Å². The van der Waals surface area contributed by atoms with Crippen LogP contribution in [0, 0.1) is 0 Å². The molecule has 0 N–H and O–H groups in total. The molecule has 0 aliphatic carbocycles. The summed E-state index contributed by atoms with van der Waals surface area (Å²) in [6, 6.07) is 6.03. The SMILES string of the molecule is COCCCN1C(=O)S/C(=C/c2ccc(N3CCCCC3)cc2OC)C1=O. The minimum absolute atomic E-state index is 0.230. The summed E-state index contributed by atoms with van der Waals surface area (Å²) in [5, 5.41) is -0.230. The Bertz CT molecular complexity index is 729. The smallest absolute Gasteiger partial charge is 0.293 e. The molecule has 0 saturated carbocycles. The first-order valence-corrected chi connectivity index (χ1v) is 10.1. The van der Waals surface area contributed by atoms with Crippen LogP contribution in [0.15, 0.2) is 23.1 Å². The summed E-state index contributed by atoms with van der Waals surface area (Å²) < 4.78 is 10.5. The fourth-order valence-corrected chi connectivity index (χ4v) is 4.22. The molecular weight excluding hydrogens is 364 g/mol. The van der Waals surface area contributed by atoms with Gasteiger partial charge in [0.1, 0.15) is 5.75 Å². The number of imide groups is 1.